The quantitative estimate of drug-likeness (QED) is 0.474. The number of benzene rings is 1. The Morgan fingerprint density at radius 3 is 2.16 bits per heavy atom. The van der Waals surface area contributed by atoms with Crippen LogP contribution in [0, 0.1) is 0 Å². The number of ether oxygens (including phenoxy) is 1. The van der Waals surface area contributed by atoms with E-state index in [0.717, 1.165) is 24.3 Å². The Balaban J connectivity index is 3.04. The Bertz CT molecular complexity index is 486. The van der Waals surface area contributed by atoms with Crippen molar-refractivity contribution in [2.24, 2.45) is 0 Å². The van der Waals surface area contributed by atoms with Gasteiger partial charge >= 0.3 is 12.1 Å². The predicted molar refractivity (Wildman–Crippen MR) is 61.8 cm³/mol. The lowest BCUT2D eigenvalue weighted by molar-refractivity contribution is -0.140. The molecule has 0 radical (unpaired) electrons. The first kappa shape index (κ1) is 15.2. The number of carbonyl (C=O) groups is 1. The van der Waals surface area contributed by atoms with Crippen LogP contribution in [0.1, 0.15) is 25.0 Å². The third kappa shape index (κ3) is 3.81. The maximum absolute atomic E-state index is 13.6. The molecule has 0 saturated heterocycles. The van der Waals surface area contributed by atoms with Crippen molar-refractivity contribution < 1.29 is 27.1 Å². The smallest absolute Gasteiger partial charge is 0.416 e. The number of halogens is 4. The van der Waals surface area contributed by atoms with Crippen LogP contribution in [0.25, 0.3) is 5.57 Å². The third-order valence-corrected chi connectivity index (χ3v) is 2.43. The highest BCUT2D eigenvalue weighted by molar-refractivity contribution is 5.94. The standard InChI is InChI=1S/C13H12F4O2/c1-3-19-12(18)11(14)8(2)9-4-6-10(7-5-9)13(15,16)17/h4-7H,3H2,1-2H3/b11-8+. The van der Waals surface area contributed by atoms with Crippen LogP contribution < -0.4 is 0 Å². The molecule has 0 fully saturated rings. The monoisotopic (exact) mass is 276 g/mol. The van der Waals surface area contributed by atoms with Gasteiger partial charge in [-0.1, -0.05) is 12.1 Å². The van der Waals surface area contributed by atoms with Gasteiger partial charge in [-0.3, -0.25) is 0 Å². The number of rotatable bonds is 3. The number of allylic oxidation sites excluding steroid dienone is 1. The summed E-state index contributed by atoms with van der Waals surface area (Å²) in [7, 11) is 0. The average Bonchev–Trinajstić information content (AvgIpc) is 2.36. The van der Waals surface area contributed by atoms with E-state index in [1.165, 1.54) is 13.8 Å². The summed E-state index contributed by atoms with van der Waals surface area (Å²) < 4.78 is 55.1. The lowest BCUT2D eigenvalue weighted by Crippen LogP contribution is -2.06. The molecule has 1 aromatic carbocycles. The van der Waals surface area contributed by atoms with Crippen molar-refractivity contribution in [2.75, 3.05) is 6.61 Å². The molecule has 0 heterocycles. The Morgan fingerprint density at radius 2 is 1.74 bits per heavy atom. The van der Waals surface area contributed by atoms with Gasteiger partial charge in [0.15, 0.2) is 0 Å². The number of hydrogen-bond acceptors (Lipinski definition) is 2. The Kier molecular flexibility index (Phi) is 4.69. The molecule has 0 aromatic heterocycles. The second-order valence-electron chi connectivity index (χ2n) is 3.73. The zero-order valence-electron chi connectivity index (χ0n) is 10.3. The van der Waals surface area contributed by atoms with E-state index in [1.54, 1.807) is 0 Å². The summed E-state index contributed by atoms with van der Waals surface area (Å²) in [5.74, 6) is -2.23. The summed E-state index contributed by atoms with van der Waals surface area (Å²) in [6.07, 6.45) is -4.45. The van der Waals surface area contributed by atoms with Crippen LogP contribution in [0.5, 0.6) is 0 Å². The first-order valence-electron chi connectivity index (χ1n) is 5.48. The van der Waals surface area contributed by atoms with Crippen molar-refractivity contribution in [3.8, 4) is 0 Å². The highest BCUT2D eigenvalue weighted by Crippen LogP contribution is 2.30. The summed E-state index contributed by atoms with van der Waals surface area (Å²) in [6.45, 7) is 2.85. The van der Waals surface area contributed by atoms with Crippen LogP contribution in [0.15, 0.2) is 30.1 Å². The van der Waals surface area contributed by atoms with E-state index in [4.69, 9.17) is 0 Å². The van der Waals surface area contributed by atoms with Crippen LogP contribution in [0.2, 0.25) is 0 Å². The third-order valence-electron chi connectivity index (χ3n) is 2.43. The minimum absolute atomic E-state index is 0.0204. The average molecular weight is 276 g/mol. The molecule has 0 saturated carbocycles. The van der Waals surface area contributed by atoms with Gasteiger partial charge in [0.2, 0.25) is 5.83 Å². The molecule has 0 unspecified atom stereocenters. The van der Waals surface area contributed by atoms with Gasteiger partial charge in [-0.2, -0.15) is 17.6 Å². The fourth-order valence-electron chi connectivity index (χ4n) is 1.38. The van der Waals surface area contributed by atoms with Gasteiger partial charge in [0, 0.05) is 0 Å². The van der Waals surface area contributed by atoms with Gasteiger partial charge in [-0.15, -0.1) is 0 Å². The van der Waals surface area contributed by atoms with Gasteiger partial charge in [0.25, 0.3) is 0 Å². The van der Waals surface area contributed by atoms with E-state index in [-0.39, 0.29) is 17.7 Å². The van der Waals surface area contributed by atoms with Crippen molar-refractivity contribution in [3.63, 3.8) is 0 Å². The molecule has 0 bridgehead atoms. The fraction of sp³-hybridized carbons (Fsp3) is 0.308. The molecule has 1 rings (SSSR count). The largest absolute Gasteiger partial charge is 0.461 e. The summed E-state index contributed by atoms with van der Waals surface area (Å²) >= 11 is 0. The lowest BCUT2D eigenvalue weighted by atomic mass is 10.0. The molecule has 104 valence electrons. The van der Waals surface area contributed by atoms with Crippen molar-refractivity contribution in [3.05, 3.63) is 41.2 Å². The first-order valence-corrected chi connectivity index (χ1v) is 5.48. The van der Waals surface area contributed by atoms with Crippen LogP contribution in [0.3, 0.4) is 0 Å². The molecule has 19 heavy (non-hydrogen) atoms. The van der Waals surface area contributed by atoms with E-state index >= 15 is 0 Å². The lowest BCUT2D eigenvalue weighted by Gasteiger charge is -2.08. The van der Waals surface area contributed by atoms with Crippen molar-refractivity contribution >= 4 is 11.5 Å². The highest BCUT2D eigenvalue weighted by Gasteiger charge is 2.30. The fourth-order valence-corrected chi connectivity index (χ4v) is 1.38. The van der Waals surface area contributed by atoms with Crippen LogP contribution in [0.4, 0.5) is 17.6 Å². The SMILES string of the molecule is CCOC(=O)/C(F)=C(/C)c1ccc(C(F)(F)F)cc1. The molecule has 6 heteroatoms. The predicted octanol–water partition coefficient (Wildman–Crippen LogP) is 3.97. The van der Waals surface area contributed by atoms with Crippen LogP contribution >= 0.6 is 0 Å². The number of hydrogen-bond donors (Lipinski definition) is 0. The summed E-state index contributed by atoms with van der Waals surface area (Å²) in [5.41, 5.74) is -0.702. The molecule has 0 N–H and O–H groups in total. The molecule has 0 aliphatic carbocycles. The summed E-state index contributed by atoms with van der Waals surface area (Å²) in [5, 5.41) is 0. The molecule has 0 aliphatic rings. The van der Waals surface area contributed by atoms with Gasteiger partial charge in [-0.25, -0.2) is 4.79 Å². The van der Waals surface area contributed by atoms with E-state index in [2.05, 4.69) is 4.74 Å². The number of carbonyl (C=O) groups excluding carboxylic acids is 1. The summed E-state index contributed by atoms with van der Waals surface area (Å²) in [6, 6.07) is 3.88. The number of alkyl halides is 3. The molecular formula is C13H12F4O2. The van der Waals surface area contributed by atoms with Gasteiger partial charge in [-0.05, 0) is 37.1 Å². The second-order valence-corrected chi connectivity index (χ2v) is 3.73. The zero-order valence-corrected chi connectivity index (χ0v) is 10.3. The minimum atomic E-state index is -4.45. The maximum atomic E-state index is 13.6. The Hall–Kier alpha value is -1.85. The van der Waals surface area contributed by atoms with Crippen molar-refractivity contribution in [1.29, 1.82) is 0 Å². The van der Waals surface area contributed by atoms with Crippen molar-refractivity contribution in [1.82, 2.24) is 0 Å². The minimum Gasteiger partial charge on any atom is -0.461 e. The van der Waals surface area contributed by atoms with Crippen LogP contribution in [-0.4, -0.2) is 12.6 Å². The second kappa shape index (κ2) is 5.86. The Morgan fingerprint density at radius 1 is 1.21 bits per heavy atom. The highest BCUT2D eigenvalue weighted by atomic mass is 19.4. The van der Waals surface area contributed by atoms with E-state index in [9.17, 15) is 22.4 Å². The topological polar surface area (TPSA) is 26.3 Å². The van der Waals surface area contributed by atoms with E-state index < -0.39 is 23.5 Å². The Labute approximate surface area is 107 Å². The molecule has 0 atom stereocenters. The molecule has 0 spiro atoms. The van der Waals surface area contributed by atoms with Crippen molar-refractivity contribution in [2.45, 2.75) is 20.0 Å². The molecule has 0 aliphatic heterocycles. The van der Waals surface area contributed by atoms with Gasteiger partial charge < -0.3 is 4.74 Å². The van der Waals surface area contributed by atoms with E-state index in [1.807, 2.05) is 0 Å². The maximum Gasteiger partial charge on any atom is 0.416 e. The number of esters is 1. The molecule has 2 nitrogen and oxygen atoms in total. The van der Waals surface area contributed by atoms with Gasteiger partial charge in [0.1, 0.15) is 0 Å². The molecule has 1 aromatic rings. The normalized spacial score (nSPS) is 12.9. The first-order chi connectivity index (χ1) is 8.77. The molecular weight excluding hydrogens is 264 g/mol. The van der Waals surface area contributed by atoms with Crippen LogP contribution in [-0.2, 0) is 15.7 Å². The van der Waals surface area contributed by atoms with E-state index in [0.29, 0.717) is 0 Å². The molecule has 0 amide bonds. The zero-order chi connectivity index (χ0) is 14.6. The summed E-state index contributed by atoms with van der Waals surface area (Å²) in [4.78, 5) is 11.1. The van der Waals surface area contributed by atoms with Gasteiger partial charge in [0.05, 0.1) is 12.2 Å².